The predicted molar refractivity (Wildman–Crippen MR) is 69.1 cm³/mol. The maximum absolute atomic E-state index is 10.8. The van der Waals surface area contributed by atoms with Crippen LogP contribution in [-0.4, -0.2) is 20.9 Å². The van der Waals surface area contributed by atoms with Crippen molar-refractivity contribution in [1.29, 1.82) is 0 Å². The molecule has 0 aliphatic heterocycles. The van der Waals surface area contributed by atoms with Crippen LogP contribution in [0.3, 0.4) is 0 Å². The molecular weight excluding hydrogens is 252 g/mol. The van der Waals surface area contributed by atoms with Gasteiger partial charge in [-0.05, 0) is 31.0 Å². The minimum absolute atomic E-state index is 0.0756. The molecule has 94 valence electrons. The third kappa shape index (κ3) is 2.71. The van der Waals surface area contributed by atoms with Gasteiger partial charge in [0, 0.05) is 17.3 Å². The molecule has 1 aromatic heterocycles. The average molecular weight is 265 g/mol. The van der Waals surface area contributed by atoms with Crippen molar-refractivity contribution < 1.29 is 9.90 Å². The fraction of sp³-hybridized carbons (Fsp3) is 0.231. The summed E-state index contributed by atoms with van der Waals surface area (Å²) in [5.41, 5.74) is 1.94. The van der Waals surface area contributed by atoms with Crippen LogP contribution in [0.15, 0.2) is 30.3 Å². The molecule has 0 atom stereocenters. The molecule has 0 saturated carbocycles. The number of aromatic nitrogens is 2. The molecular formula is C13H13ClN2O2. The Bertz CT molecular complexity index is 578. The van der Waals surface area contributed by atoms with Crippen molar-refractivity contribution in [2.75, 3.05) is 0 Å². The van der Waals surface area contributed by atoms with Gasteiger partial charge < -0.3 is 5.11 Å². The average Bonchev–Trinajstić information content (AvgIpc) is 2.70. The van der Waals surface area contributed by atoms with Crippen LogP contribution in [0.25, 0.3) is 0 Å². The SMILES string of the molecule is Cc1cc(C(=O)O)nn1CCc1ccccc1Cl. The Morgan fingerprint density at radius 1 is 1.44 bits per heavy atom. The smallest absolute Gasteiger partial charge is 0.356 e. The van der Waals surface area contributed by atoms with E-state index in [9.17, 15) is 4.79 Å². The first-order chi connectivity index (χ1) is 8.58. The second kappa shape index (κ2) is 5.23. The van der Waals surface area contributed by atoms with Gasteiger partial charge in [-0.2, -0.15) is 5.10 Å². The first-order valence-electron chi connectivity index (χ1n) is 5.59. The van der Waals surface area contributed by atoms with E-state index < -0.39 is 5.97 Å². The van der Waals surface area contributed by atoms with Crippen molar-refractivity contribution in [2.45, 2.75) is 19.9 Å². The summed E-state index contributed by atoms with van der Waals surface area (Å²) in [6.45, 7) is 2.45. The van der Waals surface area contributed by atoms with Crippen LogP contribution in [-0.2, 0) is 13.0 Å². The van der Waals surface area contributed by atoms with Crippen LogP contribution in [0.4, 0.5) is 0 Å². The second-order valence-electron chi connectivity index (χ2n) is 4.04. The molecule has 0 fully saturated rings. The number of hydrogen-bond acceptors (Lipinski definition) is 2. The lowest BCUT2D eigenvalue weighted by Crippen LogP contribution is -2.07. The normalized spacial score (nSPS) is 10.6. The summed E-state index contributed by atoms with van der Waals surface area (Å²) in [5.74, 6) is -1.01. The van der Waals surface area contributed by atoms with Crippen LogP contribution in [0.2, 0.25) is 5.02 Å². The Balaban J connectivity index is 2.11. The predicted octanol–water partition coefficient (Wildman–Crippen LogP) is 2.79. The number of nitrogens with zero attached hydrogens (tertiary/aromatic N) is 2. The molecule has 18 heavy (non-hydrogen) atoms. The van der Waals surface area contributed by atoms with Crippen molar-refractivity contribution in [3.63, 3.8) is 0 Å². The largest absolute Gasteiger partial charge is 0.476 e. The first-order valence-corrected chi connectivity index (χ1v) is 5.97. The van der Waals surface area contributed by atoms with E-state index in [1.165, 1.54) is 0 Å². The minimum atomic E-state index is -1.01. The van der Waals surface area contributed by atoms with Gasteiger partial charge in [-0.1, -0.05) is 29.8 Å². The van der Waals surface area contributed by atoms with E-state index in [-0.39, 0.29) is 5.69 Å². The maximum atomic E-state index is 10.8. The Labute approximate surface area is 110 Å². The fourth-order valence-corrected chi connectivity index (χ4v) is 2.00. The summed E-state index contributed by atoms with van der Waals surface area (Å²) in [6, 6.07) is 9.18. The number of rotatable bonds is 4. The zero-order chi connectivity index (χ0) is 13.1. The lowest BCUT2D eigenvalue weighted by molar-refractivity contribution is 0.0689. The summed E-state index contributed by atoms with van der Waals surface area (Å²) in [4.78, 5) is 10.8. The van der Waals surface area contributed by atoms with Crippen LogP contribution in [0.1, 0.15) is 21.7 Å². The van der Waals surface area contributed by atoms with Gasteiger partial charge in [0.05, 0.1) is 0 Å². The molecule has 0 saturated heterocycles. The maximum Gasteiger partial charge on any atom is 0.356 e. The van der Waals surface area contributed by atoms with E-state index in [1.54, 1.807) is 10.7 Å². The molecule has 0 bridgehead atoms. The zero-order valence-electron chi connectivity index (χ0n) is 9.93. The van der Waals surface area contributed by atoms with Crippen LogP contribution >= 0.6 is 11.6 Å². The van der Waals surface area contributed by atoms with Gasteiger partial charge in [0.2, 0.25) is 0 Å². The van der Waals surface area contributed by atoms with E-state index in [4.69, 9.17) is 16.7 Å². The molecule has 0 radical (unpaired) electrons. The van der Waals surface area contributed by atoms with Gasteiger partial charge in [-0.3, -0.25) is 4.68 Å². The van der Waals surface area contributed by atoms with Crippen LogP contribution in [0, 0.1) is 6.92 Å². The molecule has 4 nitrogen and oxygen atoms in total. The number of halogens is 1. The number of carboxylic acid groups (broad SMARTS) is 1. The van der Waals surface area contributed by atoms with Crippen molar-refractivity contribution in [1.82, 2.24) is 9.78 Å². The number of aryl methyl sites for hydroxylation is 3. The molecule has 5 heteroatoms. The monoisotopic (exact) mass is 264 g/mol. The third-order valence-corrected chi connectivity index (χ3v) is 3.12. The van der Waals surface area contributed by atoms with E-state index in [2.05, 4.69) is 5.10 Å². The highest BCUT2D eigenvalue weighted by molar-refractivity contribution is 6.31. The van der Waals surface area contributed by atoms with E-state index in [0.29, 0.717) is 6.54 Å². The Morgan fingerprint density at radius 3 is 2.78 bits per heavy atom. The van der Waals surface area contributed by atoms with Crippen LogP contribution < -0.4 is 0 Å². The molecule has 0 amide bonds. The number of carboxylic acids is 1. The highest BCUT2D eigenvalue weighted by Crippen LogP contribution is 2.16. The third-order valence-electron chi connectivity index (χ3n) is 2.75. The van der Waals surface area contributed by atoms with E-state index >= 15 is 0 Å². The standard InChI is InChI=1S/C13H13ClN2O2/c1-9-8-12(13(17)18)15-16(9)7-6-10-4-2-3-5-11(10)14/h2-5,8H,6-7H2,1H3,(H,17,18). The zero-order valence-corrected chi connectivity index (χ0v) is 10.7. The molecule has 0 spiro atoms. The minimum Gasteiger partial charge on any atom is -0.476 e. The van der Waals surface area contributed by atoms with Crippen molar-refractivity contribution in [2.24, 2.45) is 0 Å². The van der Waals surface area contributed by atoms with Crippen molar-refractivity contribution in [3.05, 3.63) is 52.3 Å². The Morgan fingerprint density at radius 2 is 2.17 bits per heavy atom. The number of carbonyl (C=O) groups is 1. The first kappa shape index (κ1) is 12.6. The van der Waals surface area contributed by atoms with Crippen molar-refractivity contribution >= 4 is 17.6 Å². The van der Waals surface area contributed by atoms with Gasteiger partial charge >= 0.3 is 5.97 Å². The summed E-state index contributed by atoms with van der Waals surface area (Å²) in [7, 11) is 0. The molecule has 1 heterocycles. The molecule has 2 aromatic rings. The van der Waals surface area contributed by atoms with E-state index in [1.807, 2.05) is 31.2 Å². The number of benzene rings is 1. The van der Waals surface area contributed by atoms with Crippen LogP contribution in [0.5, 0.6) is 0 Å². The summed E-state index contributed by atoms with van der Waals surface area (Å²) >= 11 is 6.06. The topological polar surface area (TPSA) is 55.1 Å². The molecule has 1 aromatic carbocycles. The van der Waals surface area contributed by atoms with Gasteiger partial charge in [-0.15, -0.1) is 0 Å². The van der Waals surface area contributed by atoms with Crippen molar-refractivity contribution in [3.8, 4) is 0 Å². The molecule has 0 aliphatic rings. The Kier molecular flexibility index (Phi) is 3.67. The number of aromatic carboxylic acids is 1. The summed E-state index contributed by atoms with van der Waals surface area (Å²) in [6.07, 6.45) is 0.723. The summed E-state index contributed by atoms with van der Waals surface area (Å²) in [5, 5.41) is 13.6. The summed E-state index contributed by atoms with van der Waals surface area (Å²) < 4.78 is 1.69. The highest BCUT2D eigenvalue weighted by atomic mass is 35.5. The molecule has 2 rings (SSSR count). The molecule has 0 unspecified atom stereocenters. The van der Waals surface area contributed by atoms with Gasteiger partial charge in [0.1, 0.15) is 0 Å². The second-order valence-corrected chi connectivity index (χ2v) is 4.45. The highest BCUT2D eigenvalue weighted by Gasteiger charge is 2.10. The van der Waals surface area contributed by atoms with Gasteiger partial charge in [0.25, 0.3) is 0 Å². The van der Waals surface area contributed by atoms with E-state index in [0.717, 1.165) is 22.7 Å². The Hall–Kier alpha value is -1.81. The fourth-order valence-electron chi connectivity index (χ4n) is 1.77. The molecule has 0 aliphatic carbocycles. The molecule has 1 N–H and O–H groups in total. The number of hydrogen-bond donors (Lipinski definition) is 1. The van der Waals surface area contributed by atoms with Gasteiger partial charge in [-0.25, -0.2) is 4.79 Å². The quantitative estimate of drug-likeness (QED) is 0.924. The lowest BCUT2D eigenvalue weighted by atomic mass is 10.1. The van der Waals surface area contributed by atoms with Gasteiger partial charge in [0.15, 0.2) is 5.69 Å². The lowest BCUT2D eigenvalue weighted by Gasteiger charge is -2.06.